The first-order valence-electron chi connectivity index (χ1n) is 4.58. The molecule has 1 amide bonds. The molecule has 1 rings (SSSR count). The molecule has 0 aliphatic rings. The van der Waals surface area contributed by atoms with Crippen molar-refractivity contribution in [1.82, 2.24) is 0 Å². The Morgan fingerprint density at radius 2 is 2.20 bits per heavy atom. The Labute approximate surface area is 96.7 Å². The molecule has 0 bridgehead atoms. The Bertz CT molecular complexity index is 355. The van der Waals surface area contributed by atoms with Gasteiger partial charge in [0.2, 0.25) is 0 Å². The van der Waals surface area contributed by atoms with Crippen LogP contribution in [0.25, 0.3) is 0 Å². The van der Waals surface area contributed by atoms with Crippen LogP contribution < -0.4 is 16.2 Å². The second kappa shape index (κ2) is 5.72. The molecule has 0 spiro atoms. The van der Waals surface area contributed by atoms with Gasteiger partial charge in [0.15, 0.2) is 0 Å². The van der Waals surface area contributed by atoms with Crippen LogP contribution in [0.15, 0.2) is 22.7 Å². The number of hydrogen-bond acceptors (Lipinski definition) is 3. The quantitative estimate of drug-likeness (QED) is 0.793. The van der Waals surface area contributed by atoms with E-state index in [2.05, 4.69) is 15.9 Å². The van der Waals surface area contributed by atoms with Crippen LogP contribution in [0.1, 0.15) is 16.8 Å². The zero-order chi connectivity index (χ0) is 11.3. The SMILES string of the molecule is NCCCOc1cccc(Br)c1C(N)=O. The van der Waals surface area contributed by atoms with Crippen LogP contribution >= 0.6 is 15.9 Å². The summed E-state index contributed by atoms with van der Waals surface area (Å²) in [5, 5.41) is 0. The van der Waals surface area contributed by atoms with Crippen molar-refractivity contribution in [2.24, 2.45) is 11.5 Å². The van der Waals surface area contributed by atoms with Crippen LogP contribution in [0.5, 0.6) is 5.75 Å². The topological polar surface area (TPSA) is 78.3 Å². The van der Waals surface area contributed by atoms with Crippen molar-refractivity contribution in [2.75, 3.05) is 13.2 Å². The van der Waals surface area contributed by atoms with Crippen LogP contribution in [-0.2, 0) is 0 Å². The molecule has 4 nitrogen and oxygen atoms in total. The molecule has 0 saturated carbocycles. The zero-order valence-corrected chi connectivity index (χ0v) is 9.79. The predicted molar refractivity (Wildman–Crippen MR) is 61.8 cm³/mol. The maximum atomic E-state index is 11.2. The van der Waals surface area contributed by atoms with Gasteiger partial charge in [-0.05, 0) is 41.0 Å². The minimum atomic E-state index is -0.509. The highest BCUT2D eigenvalue weighted by Crippen LogP contribution is 2.26. The molecule has 0 aromatic heterocycles. The van der Waals surface area contributed by atoms with E-state index in [1.165, 1.54) is 0 Å². The van der Waals surface area contributed by atoms with Gasteiger partial charge in [-0.2, -0.15) is 0 Å². The average Bonchev–Trinajstić information content (AvgIpc) is 2.17. The van der Waals surface area contributed by atoms with Gasteiger partial charge in [0, 0.05) is 4.47 Å². The fraction of sp³-hybridized carbons (Fsp3) is 0.300. The maximum Gasteiger partial charge on any atom is 0.253 e. The molecular weight excluding hydrogens is 260 g/mol. The lowest BCUT2D eigenvalue weighted by molar-refractivity contribution is 0.0995. The first-order valence-corrected chi connectivity index (χ1v) is 5.37. The van der Waals surface area contributed by atoms with E-state index in [1.54, 1.807) is 18.2 Å². The summed E-state index contributed by atoms with van der Waals surface area (Å²) in [7, 11) is 0. The van der Waals surface area contributed by atoms with Gasteiger partial charge in [-0.15, -0.1) is 0 Å². The van der Waals surface area contributed by atoms with Crippen molar-refractivity contribution in [3.63, 3.8) is 0 Å². The molecule has 5 heteroatoms. The van der Waals surface area contributed by atoms with Crippen LogP contribution in [0.2, 0.25) is 0 Å². The first-order chi connectivity index (χ1) is 7.16. The number of primary amides is 1. The minimum absolute atomic E-state index is 0.370. The van der Waals surface area contributed by atoms with Gasteiger partial charge in [0.1, 0.15) is 5.75 Å². The monoisotopic (exact) mass is 272 g/mol. The van der Waals surface area contributed by atoms with E-state index in [0.717, 1.165) is 6.42 Å². The third-order valence-electron chi connectivity index (χ3n) is 1.83. The molecule has 4 N–H and O–H groups in total. The highest BCUT2D eigenvalue weighted by molar-refractivity contribution is 9.10. The lowest BCUT2D eigenvalue weighted by atomic mass is 10.2. The number of nitrogens with two attached hydrogens (primary N) is 2. The lowest BCUT2D eigenvalue weighted by Gasteiger charge is -2.10. The van der Waals surface area contributed by atoms with Crippen molar-refractivity contribution < 1.29 is 9.53 Å². The summed E-state index contributed by atoms with van der Waals surface area (Å²) in [4.78, 5) is 11.2. The fourth-order valence-corrected chi connectivity index (χ4v) is 1.67. The van der Waals surface area contributed by atoms with E-state index in [4.69, 9.17) is 16.2 Å². The highest BCUT2D eigenvalue weighted by Gasteiger charge is 2.12. The molecule has 0 saturated heterocycles. The number of hydrogen-bond donors (Lipinski definition) is 2. The maximum absolute atomic E-state index is 11.2. The standard InChI is InChI=1S/C10H13BrN2O2/c11-7-3-1-4-8(9(7)10(13)14)15-6-2-5-12/h1,3-4H,2,5-6,12H2,(H2,13,14). The lowest BCUT2D eigenvalue weighted by Crippen LogP contribution is -2.15. The van der Waals surface area contributed by atoms with Gasteiger partial charge in [0.05, 0.1) is 12.2 Å². The van der Waals surface area contributed by atoms with E-state index in [0.29, 0.717) is 28.9 Å². The van der Waals surface area contributed by atoms with Gasteiger partial charge in [-0.3, -0.25) is 4.79 Å². The molecule has 0 fully saturated rings. The number of benzene rings is 1. The van der Waals surface area contributed by atoms with Crippen molar-refractivity contribution in [1.29, 1.82) is 0 Å². The normalized spacial score (nSPS) is 10.0. The minimum Gasteiger partial charge on any atom is -0.493 e. The third-order valence-corrected chi connectivity index (χ3v) is 2.49. The number of carbonyl (C=O) groups is 1. The second-order valence-corrected chi connectivity index (χ2v) is 3.82. The van der Waals surface area contributed by atoms with E-state index in [1.807, 2.05) is 0 Å². The third kappa shape index (κ3) is 3.21. The van der Waals surface area contributed by atoms with Crippen molar-refractivity contribution in [3.05, 3.63) is 28.2 Å². The molecule has 82 valence electrons. The van der Waals surface area contributed by atoms with Gasteiger partial charge in [-0.25, -0.2) is 0 Å². The van der Waals surface area contributed by atoms with E-state index in [9.17, 15) is 4.79 Å². The molecule has 1 aromatic rings. The Kier molecular flexibility index (Phi) is 4.58. The molecule has 0 atom stereocenters. The largest absolute Gasteiger partial charge is 0.493 e. The predicted octanol–water partition coefficient (Wildman–Crippen LogP) is 1.28. The Morgan fingerprint density at radius 3 is 2.80 bits per heavy atom. The Hall–Kier alpha value is -1.07. The number of amides is 1. The molecule has 0 radical (unpaired) electrons. The molecule has 1 aromatic carbocycles. The smallest absolute Gasteiger partial charge is 0.253 e. The Morgan fingerprint density at radius 1 is 1.47 bits per heavy atom. The van der Waals surface area contributed by atoms with Crippen molar-refractivity contribution >= 4 is 21.8 Å². The summed E-state index contributed by atoms with van der Waals surface area (Å²) < 4.78 is 6.05. The second-order valence-electron chi connectivity index (χ2n) is 2.97. The zero-order valence-electron chi connectivity index (χ0n) is 8.20. The summed E-state index contributed by atoms with van der Waals surface area (Å²) in [6, 6.07) is 5.24. The van der Waals surface area contributed by atoms with E-state index >= 15 is 0 Å². The fourth-order valence-electron chi connectivity index (χ4n) is 1.13. The number of halogens is 1. The van der Waals surface area contributed by atoms with E-state index in [-0.39, 0.29) is 0 Å². The number of carbonyl (C=O) groups excluding carboxylic acids is 1. The number of ether oxygens (including phenoxy) is 1. The summed E-state index contributed by atoms with van der Waals surface area (Å²) in [6.07, 6.45) is 0.741. The van der Waals surface area contributed by atoms with Crippen molar-refractivity contribution in [2.45, 2.75) is 6.42 Å². The molecule has 0 unspecified atom stereocenters. The molecule has 0 aliphatic heterocycles. The first kappa shape index (κ1) is 12.0. The molecular formula is C10H13BrN2O2. The van der Waals surface area contributed by atoms with Crippen LogP contribution in [0.4, 0.5) is 0 Å². The molecule has 0 aliphatic carbocycles. The molecule has 15 heavy (non-hydrogen) atoms. The van der Waals surface area contributed by atoms with Gasteiger partial charge < -0.3 is 16.2 Å². The van der Waals surface area contributed by atoms with Gasteiger partial charge >= 0.3 is 0 Å². The summed E-state index contributed by atoms with van der Waals surface area (Å²) in [6.45, 7) is 1.03. The van der Waals surface area contributed by atoms with Crippen molar-refractivity contribution in [3.8, 4) is 5.75 Å². The van der Waals surface area contributed by atoms with Gasteiger partial charge in [0.25, 0.3) is 5.91 Å². The van der Waals surface area contributed by atoms with Crippen LogP contribution in [-0.4, -0.2) is 19.1 Å². The van der Waals surface area contributed by atoms with Crippen LogP contribution in [0.3, 0.4) is 0 Å². The average molecular weight is 273 g/mol. The van der Waals surface area contributed by atoms with Gasteiger partial charge in [-0.1, -0.05) is 6.07 Å². The summed E-state index contributed by atoms with van der Waals surface area (Å²) in [5.41, 5.74) is 11.0. The Balaban J connectivity index is 2.86. The summed E-state index contributed by atoms with van der Waals surface area (Å²) in [5.74, 6) is -0.0180. The van der Waals surface area contributed by atoms with Crippen LogP contribution in [0, 0.1) is 0 Å². The molecule has 0 heterocycles. The highest BCUT2D eigenvalue weighted by atomic mass is 79.9. The number of rotatable bonds is 5. The summed E-state index contributed by atoms with van der Waals surface area (Å²) >= 11 is 3.25. The van der Waals surface area contributed by atoms with E-state index < -0.39 is 5.91 Å².